The number of aliphatic carboxylic acids is 1. The Hall–Kier alpha value is -2.14. The first-order valence-electron chi connectivity index (χ1n) is 6.61. The normalized spacial score (nSPS) is 12.6. The number of hydrogen-bond acceptors (Lipinski definition) is 3. The fourth-order valence-corrected chi connectivity index (χ4v) is 2.03. The van der Waals surface area contributed by atoms with Crippen molar-refractivity contribution in [1.29, 1.82) is 0 Å². The Morgan fingerprint density at radius 1 is 1.35 bits per heavy atom. The van der Waals surface area contributed by atoms with Crippen molar-refractivity contribution in [3.63, 3.8) is 0 Å². The second-order valence-corrected chi connectivity index (χ2v) is 5.08. The Kier molecular flexibility index (Phi) is 4.53. The lowest BCUT2D eigenvalue weighted by atomic mass is 10.0. The highest BCUT2D eigenvalue weighted by Gasteiger charge is 2.20. The summed E-state index contributed by atoms with van der Waals surface area (Å²) in [6.45, 7) is 4.33. The van der Waals surface area contributed by atoms with Crippen molar-refractivity contribution in [2.45, 2.75) is 26.4 Å². The van der Waals surface area contributed by atoms with Crippen molar-refractivity contribution < 1.29 is 9.90 Å². The van der Waals surface area contributed by atoms with Crippen LogP contribution in [0.5, 0.6) is 0 Å². The molecule has 0 bridgehead atoms. The topological polar surface area (TPSA) is 67.2 Å². The summed E-state index contributed by atoms with van der Waals surface area (Å²) < 4.78 is 1.92. The summed E-state index contributed by atoms with van der Waals surface area (Å²) in [6, 6.07) is 7.43. The molecule has 0 aliphatic heterocycles. The minimum Gasteiger partial charge on any atom is -0.480 e. The van der Waals surface area contributed by atoms with E-state index in [4.69, 9.17) is 5.11 Å². The van der Waals surface area contributed by atoms with Crippen molar-refractivity contribution in [3.8, 4) is 5.69 Å². The van der Waals surface area contributed by atoms with E-state index in [1.165, 1.54) is 0 Å². The second-order valence-electron chi connectivity index (χ2n) is 5.08. The number of carboxylic acid groups (broad SMARTS) is 1. The smallest absolute Gasteiger partial charge is 0.320 e. The maximum absolute atomic E-state index is 11.1. The molecule has 1 heterocycles. The Bertz CT molecular complexity index is 547. The molecule has 2 aromatic rings. The van der Waals surface area contributed by atoms with E-state index in [-0.39, 0.29) is 5.92 Å². The fourth-order valence-electron chi connectivity index (χ4n) is 2.03. The zero-order valence-corrected chi connectivity index (χ0v) is 11.7. The van der Waals surface area contributed by atoms with Crippen LogP contribution in [-0.2, 0) is 11.3 Å². The molecular formula is C15H19N3O2. The highest BCUT2D eigenvalue weighted by Crippen LogP contribution is 2.10. The molecule has 0 spiro atoms. The van der Waals surface area contributed by atoms with E-state index < -0.39 is 12.0 Å². The van der Waals surface area contributed by atoms with Crippen LogP contribution in [0.1, 0.15) is 19.4 Å². The van der Waals surface area contributed by atoms with E-state index in [2.05, 4.69) is 10.3 Å². The Balaban J connectivity index is 1.99. The summed E-state index contributed by atoms with van der Waals surface area (Å²) in [4.78, 5) is 15.1. The third kappa shape index (κ3) is 3.45. The quantitative estimate of drug-likeness (QED) is 0.845. The molecule has 2 rings (SSSR count). The molecule has 0 radical (unpaired) electrons. The number of nitrogens with zero attached hydrogens (tertiary/aromatic N) is 2. The zero-order chi connectivity index (χ0) is 14.5. The molecule has 1 atom stereocenters. The number of rotatable bonds is 6. The van der Waals surface area contributed by atoms with Crippen LogP contribution in [0.2, 0.25) is 0 Å². The molecule has 0 fully saturated rings. The number of nitrogens with one attached hydrogen (secondary N) is 1. The van der Waals surface area contributed by atoms with Crippen LogP contribution in [0, 0.1) is 5.92 Å². The summed E-state index contributed by atoms with van der Waals surface area (Å²) in [6.07, 6.45) is 5.36. The summed E-state index contributed by atoms with van der Waals surface area (Å²) in [7, 11) is 0. The summed E-state index contributed by atoms with van der Waals surface area (Å²) in [5, 5.41) is 12.2. The number of imidazole rings is 1. The van der Waals surface area contributed by atoms with Gasteiger partial charge in [0.15, 0.2) is 0 Å². The number of aromatic nitrogens is 2. The average molecular weight is 273 g/mol. The van der Waals surface area contributed by atoms with Crippen LogP contribution in [0.25, 0.3) is 5.69 Å². The van der Waals surface area contributed by atoms with Crippen LogP contribution in [0.3, 0.4) is 0 Å². The first-order chi connectivity index (χ1) is 9.58. The Morgan fingerprint density at radius 3 is 2.55 bits per heavy atom. The van der Waals surface area contributed by atoms with Crippen LogP contribution in [0.4, 0.5) is 0 Å². The van der Waals surface area contributed by atoms with Gasteiger partial charge in [0.1, 0.15) is 6.04 Å². The molecule has 5 heteroatoms. The van der Waals surface area contributed by atoms with Crippen molar-refractivity contribution in [2.24, 2.45) is 5.92 Å². The maximum Gasteiger partial charge on any atom is 0.320 e. The van der Waals surface area contributed by atoms with Gasteiger partial charge in [-0.3, -0.25) is 4.79 Å². The van der Waals surface area contributed by atoms with Crippen LogP contribution < -0.4 is 5.32 Å². The first kappa shape index (κ1) is 14.3. The third-order valence-electron chi connectivity index (χ3n) is 3.20. The molecule has 106 valence electrons. The van der Waals surface area contributed by atoms with Crippen molar-refractivity contribution in [1.82, 2.24) is 14.9 Å². The van der Waals surface area contributed by atoms with Gasteiger partial charge in [-0.1, -0.05) is 26.0 Å². The monoisotopic (exact) mass is 273 g/mol. The second kappa shape index (κ2) is 6.34. The third-order valence-corrected chi connectivity index (χ3v) is 3.20. The predicted molar refractivity (Wildman–Crippen MR) is 76.7 cm³/mol. The molecule has 0 saturated heterocycles. The van der Waals surface area contributed by atoms with Crippen LogP contribution >= 0.6 is 0 Å². The van der Waals surface area contributed by atoms with Gasteiger partial charge >= 0.3 is 5.97 Å². The lowest BCUT2D eigenvalue weighted by Crippen LogP contribution is -2.40. The van der Waals surface area contributed by atoms with E-state index in [1.54, 1.807) is 12.5 Å². The molecule has 0 aliphatic carbocycles. The lowest BCUT2D eigenvalue weighted by Gasteiger charge is -2.18. The molecule has 2 N–H and O–H groups in total. The van der Waals surface area contributed by atoms with E-state index in [0.717, 1.165) is 11.3 Å². The summed E-state index contributed by atoms with van der Waals surface area (Å²) in [5.74, 6) is -0.757. The predicted octanol–water partition coefficient (Wildman–Crippen LogP) is 2.07. The molecule has 5 nitrogen and oxygen atoms in total. The standard InChI is InChI=1S/C15H19N3O2/c1-11(2)14(15(19)20)17-9-12-3-5-13(6-4-12)18-8-7-16-10-18/h3-8,10-11,14,17H,9H2,1-2H3,(H,19,20)/t14-/m1/s1. The number of carboxylic acids is 1. The Morgan fingerprint density at radius 2 is 2.05 bits per heavy atom. The molecule has 1 aromatic heterocycles. The minimum absolute atomic E-state index is 0.0534. The van der Waals surface area contributed by atoms with Crippen molar-refractivity contribution in [3.05, 3.63) is 48.5 Å². The van der Waals surface area contributed by atoms with Crippen molar-refractivity contribution in [2.75, 3.05) is 0 Å². The number of carbonyl (C=O) groups is 1. The highest BCUT2D eigenvalue weighted by atomic mass is 16.4. The van der Waals surface area contributed by atoms with E-state index in [1.807, 2.05) is 48.9 Å². The van der Waals surface area contributed by atoms with E-state index >= 15 is 0 Å². The molecule has 20 heavy (non-hydrogen) atoms. The fraction of sp³-hybridized carbons (Fsp3) is 0.333. The number of hydrogen-bond donors (Lipinski definition) is 2. The SMILES string of the molecule is CC(C)[C@@H](NCc1ccc(-n2ccnc2)cc1)C(=O)O. The first-order valence-corrected chi connectivity index (χ1v) is 6.61. The van der Waals surface area contributed by atoms with Gasteiger partial charge in [0.25, 0.3) is 0 Å². The summed E-state index contributed by atoms with van der Waals surface area (Å²) >= 11 is 0. The Labute approximate surface area is 118 Å². The van der Waals surface area contributed by atoms with Gasteiger partial charge in [-0.15, -0.1) is 0 Å². The minimum atomic E-state index is -0.810. The molecular weight excluding hydrogens is 254 g/mol. The van der Waals surface area contributed by atoms with Gasteiger partial charge in [-0.2, -0.15) is 0 Å². The van der Waals surface area contributed by atoms with Gasteiger partial charge in [0.2, 0.25) is 0 Å². The largest absolute Gasteiger partial charge is 0.480 e. The van der Waals surface area contributed by atoms with E-state index in [0.29, 0.717) is 6.54 Å². The molecule has 0 saturated carbocycles. The lowest BCUT2D eigenvalue weighted by molar-refractivity contribution is -0.140. The highest BCUT2D eigenvalue weighted by molar-refractivity contribution is 5.73. The zero-order valence-electron chi connectivity index (χ0n) is 11.7. The van der Waals surface area contributed by atoms with Crippen LogP contribution in [0.15, 0.2) is 43.0 Å². The maximum atomic E-state index is 11.1. The summed E-state index contributed by atoms with van der Waals surface area (Å²) in [5.41, 5.74) is 2.09. The molecule has 0 unspecified atom stereocenters. The van der Waals surface area contributed by atoms with Crippen LogP contribution in [-0.4, -0.2) is 26.7 Å². The van der Waals surface area contributed by atoms with Gasteiger partial charge < -0.3 is 15.0 Å². The average Bonchev–Trinajstić information content (AvgIpc) is 2.92. The van der Waals surface area contributed by atoms with E-state index in [9.17, 15) is 4.79 Å². The molecule has 0 amide bonds. The van der Waals surface area contributed by atoms with Gasteiger partial charge in [-0.05, 0) is 23.6 Å². The van der Waals surface area contributed by atoms with Gasteiger partial charge in [-0.25, -0.2) is 4.98 Å². The van der Waals surface area contributed by atoms with Gasteiger partial charge in [0, 0.05) is 24.6 Å². The number of benzene rings is 1. The molecule has 0 aliphatic rings. The van der Waals surface area contributed by atoms with Gasteiger partial charge in [0.05, 0.1) is 6.33 Å². The molecule has 1 aromatic carbocycles. The van der Waals surface area contributed by atoms with Crippen molar-refractivity contribution >= 4 is 5.97 Å².